The summed E-state index contributed by atoms with van der Waals surface area (Å²) >= 11 is 3.39. The van der Waals surface area contributed by atoms with Crippen LogP contribution in [0.5, 0.6) is 0 Å². The molecule has 0 spiro atoms. The number of halogens is 1. The van der Waals surface area contributed by atoms with Gasteiger partial charge in [-0.05, 0) is 68.3 Å². The number of pyridine rings is 1. The summed E-state index contributed by atoms with van der Waals surface area (Å²) in [6, 6.07) is 3.53. The van der Waals surface area contributed by atoms with Crippen molar-refractivity contribution in [3.05, 3.63) is 34.5 Å². The molecule has 1 aromatic rings. The molecule has 1 rings (SSSR count). The predicted molar refractivity (Wildman–Crippen MR) is 95.9 cm³/mol. The maximum Gasteiger partial charge on any atom is 0.416 e. The molecule has 1 heterocycles. The first kappa shape index (κ1) is 20.2. The number of carbonyl (C=O) groups excluding carboxylic acids is 2. The van der Waals surface area contributed by atoms with Crippen LogP contribution in [0, 0.1) is 0 Å². The number of ether oxygens (including phenoxy) is 2. The lowest BCUT2D eigenvalue weighted by Crippen LogP contribution is -2.38. The highest BCUT2D eigenvalue weighted by Gasteiger charge is 2.26. The number of amides is 1. The van der Waals surface area contributed by atoms with Crippen molar-refractivity contribution in [3.8, 4) is 0 Å². The molecule has 0 unspecified atom stereocenters. The van der Waals surface area contributed by atoms with Crippen LogP contribution in [0.25, 0.3) is 0 Å². The first-order chi connectivity index (χ1) is 11.1. The van der Waals surface area contributed by atoms with Crippen LogP contribution >= 0.6 is 15.9 Å². The number of anilines is 1. The van der Waals surface area contributed by atoms with E-state index >= 15 is 0 Å². The second-order valence-corrected chi connectivity index (χ2v) is 6.97. The van der Waals surface area contributed by atoms with Crippen molar-refractivity contribution in [2.75, 3.05) is 18.1 Å². The van der Waals surface area contributed by atoms with Crippen LogP contribution in [-0.2, 0) is 14.3 Å². The molecule has 0 bridgehead atoms. The van der Waals surface area contributed by atoms with Gasteiger partial charge in [0.1, 0.15) is 5.60 Å². The van der Waals surface area contributed by atoms with Gasteiger partial charge in [-0.15, -0.1) is 0 Å². The molecule has 6 nitrogen and oxygen atoms in total. The second kappa shape index (κ2) is 8.82. The van der Waals surface area contributed by atoms with Crippen LogP contribution in [0.15, 0.2) is 34.5 Å². The highest BCUT2D eigenvalue weighted by atomic mass is 79.9. The average molecular weight is 399 g/mol. The molecule has 0 aliphatic carbocycles. The molecule has 0 N–H and O–H groups in total. The van der Waals surface area contributed by atoms with Crippen LogP contribution in [0.4, 0.5) is 10.6 Å². The third-order valence-corrected chi connectivity index (χ3v) is 3.29. The lowest BCUT2D eigenvalue weighted by atomic mass is 10.2. The molecule has 24 heavy (non-hydrogen) atoms. The van der Waals surface area contributed by atoms with Gasteiger partial charge in [-0.3, -0.25) is 4.90 Å². The first-order valence-electron chi connectivity index (χ1n) is 7.59. The predicted octanol–water partition coefficient (Wildman–Crippen LogP) is 4.10. The maximum absolute atomic E-state index is 12.6. The van der Waals surface area contributed by atoms with Crippen molar-refractivity contribution in [2.45, 2.75) is 40.2 Å². The maximum atomic E-state index is 12.6. The fraction of sp³-hybridized carbons (Fsp3) is 0.471. The molecule has 0 aliphatic rings. The smallest absolute Gasteiger partial charge is 0.416 e. The van der Waals surface area contributed by atoms with Gasteiger partial charge in [0.2, 0.25) is 0 Å². The molecule has 0 saturated carbocycles. The van der Waals surface area contributed by atoms with Gasteiger partial charge in [0.05, 0.1) is 17.6 Å². The number of rotatable bonds is 5. The van der Waals surface area contributed by atoms with Crippen molar-refractivity contribution in [1.82, 2.24) is 4.98 Å². The minimum Gasteiger partial charge on any atom is -0.463 e. The highest BCUT2D eigenvalue weighted by Crippen LogP contribution is 2.25. The van der Waals surface area contributed by atoms with E-state index in [4.69, 9.17) is 9.47 Å². The molecule has 7 heteroatoms. The standard InChI is InChI=1S/C17H23BrN2O4/c1-6-23-14(21)10-12(2)11-20(16(22)24-17(3,4)5)15-13(18)8-7-9-19-15/h7-10H,6,11H2,1-5H3/b12-10+. The number of nitrogens with zero attached hydrogens (tertiary/aromatic N) is 2. The van der Waals surface area contributed by atoms with Crippen LogP contribution in [-0.4, -0.2) is 35.8 Å². The van der Waals surface area contributed by atoms with Crippen LogP contribution < -0.4 is 4.90 Å². The Morgan fingerprint density at radius 2 is 2.04 bits per heavy atom. The van der Waals surface area contributed by atoms with Gasteiger partial charge in [-0.2, -0.15) is 0 Å². The fourth-order valence-electron chi connectivity index (χ4n) is 1.80. The van der Waals surface area contributed by atoms with E-state index in [9.17, 15) is 9.59 Å². The number of carbonyl (C=O) groups is 2. The Morgan fingerprint density at radius 1 is 1.38 bits per heavy atom. The summed E-state index contributed by atoms with van der Waals surface area (Å²) < 4.78 is 11.0. The normalized spacial score (nSPS) is 11.8. The summed E-state index contributed by atoms with van der Waals surface area (Å²) in [6.45, 7) is 9.30. The monoisotopic (exact) mass is 398 g/mol. The molecule has 1 aromatic heterocycles. The number of hydrogen-bond acceptors (Lipinski definition) is 5. The molecule has 132 valence electrons. The second-order valence-electron chi connectivity index (χ2n) is 6.12. The van der Waals surface area contributed by atoms with E-state index in [0.29, 0.717) is 22.5 Å². The number of hydrogen-bond donors (Lipinski definition) is 0. The van der Waals surface area contributed by atoms with E-state index in [1.165, 1.54) is 11.0 Å². The number of esters is 1. The Labute approximate surface area is 151 Å². The average Bonchev–Trinajstić information content (AvgIpc) is 2.44. The lowest BCUT2D eigenvalue weighted by molar-refractivity contribution is -0.137. The molecule has 0 atom stereocenters. The summed E-state index contributed by atoms with van der Waals surface area (Å²) in [5.41, 5.74) is 0.00637. The van der Waals surface area contributed by atoms with E-state index in [0.717, 1.165) is 0 Å². The van der Waals surface area contributed by atoms with E-state index in [1.807, 2.05) is 0 Å². The molecule has 0 aliphatic heterocycles. The third-order valence-electron chi connectivity index (χ3n) is 2.67. The topological polar surface area (TPSA) is 68.7 Å². The quantitative estimate of drug-likeness (QED) is 0.551. The molecule has 0 radical (unpaired) electrons. The van der Waals surface area contributed by atoms with Crippen molar-refractivity contribution in [3.63, 3.8) is 0 Å². The molecular formula is C17H23BrN2O4. The van der Waals surface area contributed by atoms with E-state index in [-0.39, 0.29) is 6.54 Å². The van der Waals surface area contributed by atoms with Gasteiger partial charge in [-0.25, -0.2) is 14.6 Å². The van der Waals surface area contributed by atoms with Crippen LogP contribution in [0.1, 0.15) is 34.6 Å². The van der Waals surface area contributed by atoms with E-state index < -0.39 is 17.7 Å². The summed E-state index contributed by atoms with van der Waals surface area (Å²) in [5, 5.41) is 0. The van der Waals surface area contributed by atoms with E-state index in [1.54, 1.807) is 52.9 Å². The SMILES string of the molecule is CCOC(=O)/C=C(\C)CN(C(=O)OC(C)(C)C)c1ncccc1Br. The van der Waals surface area contributed by atoms with Gasteiger partial charge in [0, 0.05) is 12.3 Å². The Balaban J connectivity index is 3.08. The zero-order valence-electron chi connectivity index (χ0n) is 14.6. The van der Waals surface area contributed by atoms with Gasteiger partial charge in [0.25, 0.3) is 0 Å². The fourth-order valence-corrected chi connectivity index (χ4v) is 2.27. The van der Waals surface area contributed by atoms with Crippen molar-refractivity contribution in [1.29, 1.82) is 0 Å². The number of aromatic nitrogens is 1. The summed E-state index contributed by atoms with van der Waals surface area (Å²) in [7, 11) is 0. The van der Waals surface area contributed by atoms with Gasteiger partial charge >= 0.3 is 12.1 Å². The van der Waals surface area contributed by atoms with Crippen molar-refractivity contribution in [2.24, 2.45) is 0 Å². The summed E-state index contributed by atoms with van der Waals surface area (Å²) in [5.74, 6) is -0.0254. The van der Waals surface area contributed by atoms with Gasteiger partial charge in [0.15, 0.2) is 5.82 Å². The van der Waals surface area contributed by atoms with Gasteiger partial charge < -0.3 is 9.47 Å². The first-order valence-corrected chi connectivity index (χ1v) is 8.38. The molecule has 0 aromatic carbocycles. The van der Waals surface area contributed by atoms with Crippen molar-refractivity contribution >= 4 is 33.8 Å². The van der Waals surface area contributed by atoms with Crippen LogP contribution in [0.2, 0.25) is 0 Å². The largest absolute Gasteiger partial charge is 0.463 e. The van der Waals surface area contributed by atoms with Crippen LogP contribution in [0.3, 0.4) is 0 Å². The molecule has 0 fully saturated rings. The zero-order valence-corrected chi connectivity index (χ0v) is 16.2. The zero-order chi connectivity index (χ0) is 18.3. The van der Waals surface area contributed by atoms with Gasteiger partial charge in [-0.1, -0.05) is 0 Å². The Morgan fingerprint density at radius 3 is 2.58 bits per heavy atom. The Bertz CT molecular complexity index is 623. The van der Waals surface area contributed by atoms with Crippen molar-refractivity contribution < 1.29 is 19.1 Å². The minimum atomic E-state index is -0.644. The third kappa shape index (κ3) is 6.70. The summed E-state index contributed by atoms with van der Waals surface area (Å²) in [4.78, 5) is 29.7. The Hall–Kier alpha value is -1.89. The minimum absolute atomic E-state index is 0.156. The molecule has 0 saturated heterocycles. The van der Waals surface area contributed by atoms with E-state index in [2.05, 4.69) is 20.9 Å². The highest BCUT2D eigenvalue weighted by molar-refractivity contribution is 9.10. The molecule has 1 amide bonds. The lowest BCUT2D eigenvalue weighted by Gasteiger charge is -2.27. The summed E-state index contributed by atoms with van der Waals surface area (Å²) in [6.07, 6.45) is 2.40. The Kier molecular flexibility index (Phi) is 7.41. The molecular weight excluding hydrogens is 376 g/mol.